The molecule has 92 valence electrons. The molecule has 2 heterocycles. The summed E-state index contributed by atoms with van der Waals surface area (Å²) in [5.41, 5.74) is 12.0. The summed E-state index contributed by atoms with van der Waals surface area (Å²) in [4.78, 5) is 6.79. The number of nitrogen functional groups attached to an aromatic ring is 2. The minimum absolute atomic E-state index is 0.192. The van der Waals surface area contributed by atoms with E-state index in [0.29, 0.717) is 22.2 Å². The molecule has 0 saturated carbocycles. The maximum absolute atomic E-state index is 9.20. The van der Waals surface area contributed by atoms with Gasteiger partial charge in [0.1, 0.15) is 22.8 Å². The zero-order valence-electron chi connectivity index (χ0n) is 9.94. The number of hydrogen-bond donors (Lipinski definition) is 2. The van der Waals surface area contributed by atoms with E-state index in [1.165, 1.54) is 14.2 Å². The summed E-state index contributed by atoms with van der Waals surface area (Å²) in [6.45, 7) is 0. The Labute approximate surface area is 103 Å². The number of anilines is 2. The smallest absolute Gasteiger partial charge is 0.300 e. The molecule has 0 fully saturated rings. The lowest BCUT2D eigenvalue weighted by Crippen LogP contribution is -2.17. The standard InChI is InChI=1S/C11H11N5O2/c1-17-7-3-5-6(4-12)11(18-2)16-10(14)8(5)9(13)15-7/h3H,1-2H3,(H2,13,15)(H2,14,16)/p+1. The number of methoxy groups -OCH3 is 2. The molecule has 0 spiro atoms. The monoisotopic (exact) mass is 246 g/mol. The molecule has 0 aliphatic rings. The molecule has 0 aliphatic heterocycles. The van der Waals surface area contributed by atoms with Crippen LogP contribution in [-0.2, 0) is 0 Å². The van der Waals surface area contributed by atoms with Gasteiger partial charge in [-0.15, -0.1) is 0 Å². The third-order valence-electron chi connectivity index (χ3n) is 2.56. The molecule has 7 heteroatoms. The minimum atomic E-state index is 0.192. The Bertz CT molecular complexity index is 655. The van der Waals surface area contributed by atoms with Crippen LogP contribution in [-0.4, -0.2) is 19.2 Å². The normalized spacial score (nSPS) is 10.1. The molecule has 0 atom stereocenters. The van der Waals surface area contributed by atoms with Crippen molar-refractivity contribution in [2.75, 3.05) is 25.7 Å². The van der Waals surface area contributed by atoms with Gasteiger partial charge < -0.3 is 15.2 Å². The summed E-state index contributed by atoms with van der Waals surface area (Å²) < 4.78 is 10.1. The van der Waals surface area contributed by atoms with E-state index >= 15 is 0 Å². The van der Waals surface area contributed by atoms with Crippen molar-refractivity contribution in [1.82, 2.24) is 4.98 Å². The van der Waals surface area contributed by atoms with E-state index in [0.717, 1.165) is 0 Å². The number of fused-ring (bicyclic) bond motifs is 1. The molecule has 0 saturated heterocycles. The highest BCUT2D eigenvalue weighted by molar-refractivity contribution is 6.01. The molecular weight excluding hydrogens is 234 g/mol. The summed E-state index contributed by atoms with van der Waals surface area (Å²) in [5, 5.41) is 10.2. The van der Waals surface area contributed by atoms with Crippen LogP contribution in [0.25, 0.3) is 10.8 Å². The Morgan fingerprint density at radius 3 is 2.61 bits per heavy atom. The molecule has 0 amide bonds. The fraction of sp³-hybridized carbons (Fsp3) is 0.182. The van der Waals surface area contributed by atoms with Gasteiger partial charge in [-0.05, 0) is 0 Å². The van der Waals surface area contributed by atoms with Crippen LogP contribution >= 0.6 is 0 Å². The number of H-pyrrole nitrogens is 1. The van der Waals surface area contributed by atoms with Gasteiger partial charge in [-0.1, -0.05) is 0 Å². The van der Waals surface area contributed by atoms with Crippen molar-refractivity contribution in [3.63, 3.8) is 0 Å². The second-order valence-corrected chi connectivity index (χ2v) is 3.53. The van der Waals surface area contributed by atoms with Crippen LogP contribution in [0.1, 0.15) is 5.56 Å². The molecule has 7 nitrogen and oxygen atoms in total. The lowest BCUT2D eigenvalue weighted by molar-refractivity contribution is -0.374. The van der Waals surface area contributed by atoms with E-state index in [4.69, 9.17) is 20.9 Å². The molecule has 0 unspecified atom stereocenters. The van der Waals surface area contributed by atoms with Crippen molar-refractivity contribution in [1.29, 1.82) is 5.26 Å². The molecule has 5 N–H and O–H groups in total. The largest absolute Gasteiger partial charge is 0.481 e. The lowest BCUT2D eigenvalue weighted by Gasteiger charge is -2.08. The van der Waals surface area contributed by atoms with Gasteiger partial charge in [0.25, 0.3) is 5.82 Å². The van der Waals surface area contributed by atoms with E-state index in [1.54, 1.807) is 6.07 Å². The van der Waals surface area contributed by atoms with Gasteiger partial charge in [0.15, 0.2) is 0 Å². The molecule has 0 bridgehead atoms. The van der Waals surface area contributed by atoms with E-state index in [-0.39, 0.29) is 17.5 Å². The number of nitriles is 1. The Balaban J connectivity index is 2.97. The van der Waals surface area contributed by atoms with Crippen molar-refractivity contribution in [2.45, 2.75) is 0 Å². The van der Waals surface area contributed by atoms with Crippen LogP contribution in [0, 0.1) is 11.3 Å². The van der Waals surface area contributed by atoms with Gasteiger partial charge in [0.05, 0.1) is 14.2 Å². The number of nitrogens with zero attached hydrogens (tertiary/aromatic N) is 2. The topological polar surface area (TPSA) is 121 Å². The first-order valence-electron chi connectivity index (χ1n) is 5.05. The zero-order valence-corrected chi connectivity index (χ0v) is 9.94. The van der Waals surface area contributed by atoms with Crippen LogP contribution in [0.2, 0.25) is 0 Å². The Morgan fingerprint density at radius 1 is 1.33 bits per heavy atom. The minimum Gasteiger partial charge on any atom is -0.481 e. The average Bonchev–Trinajstić information content (AvgIpc) is 2.37. The van der Waals surface area contributed by atoms with Crippen molar-refractivity contribution >= 4 is 22.4 Å². The van der Waals surface area contributed by atoms with Gasteiger partial charge in [-0.25, -0.2) is 4.98 Å². The van der Waals surface area contributed by atoms with E-state index in [9.17, 15) is 5.26 Å². The number of aromatic nitrogens is 2. The molecular formula is C11H12N5O2+. The number of rotatable bonds is 2. The van der Waals surface area contributed by atoms with Crippen molar-refractivity contribution < 1.29 is 14.5 Å². The van der Waals surface area contributed by atoms with Gasteiger partial charge in [-0.2, -0.15) is 10.2 Å². The van der Waals surface area contributed by atoms with Gasteiger partial charge >= 0.3 is 5.88 Å². The molecule has 0 radical (unpaired) electrons. The number of aromatic amines is 1. The Kier molecular flexibility index (Phi) is 2.77. The highest BCUT2D eigenvalue weighted by Gasteiger charge is 2.20. The molecule has 18 heavy (non-hydrogen) atoms. The van der Waals surface area contributed by atoms with Gasteiger partial charge in [-0.3, -0.25) is 5.73 Å². The second kappa shape index (κ2) is 4.25. The third-order valence-corrected chi connectivity index (χ3v) is 2.56. The van der Waals surface area contributed by atoms with Crippen molar-refractivity contribution in [3.8, 4) is 17.8 Å². The van der Waals surface area contributed by atoms with Crippen LogP contribution in [0.5, 0.6) is 11.8 Å². The Hall–Kier alpha value is -2.75. The van der Waals surface area contributed by atoms with Gasteiger partial charge in [0.2, 0.25) is 5.88 Å². The van der Waals surface area contributed by atoms with Crippen molar-refractivity contribution in [3.05, 3.63) is 11.6 Å². The van der Waals surface area contributed by atoms with Crippen LogP contribution in [0.15, 0.2) is 6.07 Å². The van der Waals surface area contributed by atoms with E-state index in [1.807, 2.05) is 6.07 Å². The molecule has 2 aromatic rings. The lowest BCUT2D eigenvalue weighted by atomic mass is 10.1. The summed E-state index contributed by atoms with van der Waals surface area (Å²) in [5.74, 6) is 1.06. The first-order chi connectivity index (χ1) is 8.62. The Morgan fingerprint density at radius 2 is 2.06 bits per heavy atom. The van der Waals surface area contributed by atoms with Crippen molar-refractivity contribution in [2.24, 2.45) is 0 Å². The molecule has 2 rings (SSSR count). The maximum atomic E-state index is 9.20. The fourth-order valence-corrected chi connectivity index (χ4v) is 1.76. The van der Waals surface area contributed by atoms with E-state index in [2.05, 4.69) is 9.97 Å². The number of nitrogens with one attached hydrogen (secondary N) is 1. The quantitative estimate of drug-likeness (QED) is 0.775. The average molecular weight is 246 g/mol. The first-order valence-corrected chi connectivity index (χ1v) is 5.05. The highest BCUT2D eigenvalue weighted by atomic mass is 16.5. The number of ether oxygens (including phenoxy) is 2. The number of pyridine rings is 2. The number of hydrogen-bond acceptors (Lipinski definition) is 6. The van der Waals surface area contributed by atoms with Crippen LogP contribution < -0.4 is 25.9 Å². The summed E-state index contributed by atoms with van der Waals surface area (Å²) in [7, 11) is 2.91. The first kappa shape index (κ1) is 11.7. The predicted octanol–water partition coefficient (Wildman–Crippen LogP) is 0.102. The third kappa shape index (κ3) is 1.60. The molecule has 0 aliphatic carbocycles. The maximum Gasteiger partial charge on any atom is 0.300 e. The molecule has 2 aromatic heterocycles. The van der Waals surface area contributed by atoms with Crippen LogP contribution in [0.3, 0.4) is 0 Å². The zero-order chi connectivity index (χ0) is 13.3. The van der Waals surface area contributed by atoms with Gasteiger partial charge in [0, 0.05) is 11.5 Å². The SMILES string of the molecule is COc1cc2c(C#N)c(OC)[nH+]c(N)c2c(N)n1. The number of nitrogens with two attached hydrogens (primary N) is 2. The molecule has 0 aromatic carbocycles. The highest BCUT2D eigenvalue weighted by Crippen LogP contribution is 2.31. The van der Waals surface area contributed by atoms with Crippen LogP contribution in [0.4, 0.5) is 11.6 Å². The second-order valence-electron chi connectivity index (χ2n) is 3.53. The fourth-order valence-electron chi connectivity index (χ4n) is 1.76. The summed E-state index contributed by atoms with van der Waals surface area (Å²) >= 11 is 0. The van der Waals surface area contributed by atoms with E-state index < -0.39 is 0 Å². The summed E-state index contributed by atoms with van der Waals surface area (Å²) in [6, 6.07) is 3.64. The summed E-state index contributed by atoms with van der Waals surface area (Å²) in [6.07, 6.45) is 0. The predicted molar refractivity (Wildman–Crippen MR) is 64.9 cm³/mol.